The second kappa shape index (κ2) is 11.1. The third-order valence-corrected chi connectivity index (χ3v) is 6.54. The molecule has 2 fully saturated rings. The number of anilines is 1. The number of morpholine rings is 1. The van der Waals surface area contributed by atoms with E-state index in [-0.39, 0.29) is 12.2 Å². The van der Waals surface area contributed by atoms with Gasteiger partial charge >= 0.3 is 5.69 Å². The lowest BCUT2D eigenvalue weighted by Gasteiger charge is -2.24. The second-order valence-electron chi connectivity index (χ2n) is 8.96. The summed E-state index contributed by atoms with van der Waals surface area (Å²) in [4.78, 5) is 32.6. The Kier molecular flexibility index (Phi) is 7.47. The van der Waals surface area contributed by atoms with E-state index in [4.69, 9.17) is 16.3 Å². The van der Waals surface area contributed by atoms with Crippen LogP contribution in [0.2, 0.25) is 5.02 Å². The zero-order valence-electron chi connectivity index (χ0n) is 19.8. The van der Waals surface area contributed by atoms with Gasteiger partial charge in [0.2, 0.25) is 0 Å². The second-order valence-corrected chi connectivity index (χ2v) is 9.40. The Morgan fingerprint density at radius 3 is 2.72 bits per heavy atom. The maximum atomic E-state index is 13.2. The van der Waals surface area contributed by atoms with Crippen molar-refractivity contribution in [2.24, 2.45) is 11.0 Å². The molecule has 0 spiro atoms. The molecule has 1 N–H and O–H groups in total. The number of halogens is 1. The van der Waals surface area contributed by atoms with E-state index in [9.17, 15) is 9.59 Å². The summed E-state index contributed by atoms with van der Waals surface area (Å²) in [6.07, 6.45) is 5.46. The molecule has 36 heavy (non-hydrogen) atoms. The first kappa shape index (κ1) is 24.3. The van der Waals surface area contributed by atoms with Crippen molar-refractivity contribution in [3.63, 3.8) is 0 Å². The Balaban J connectivity index is 1.36. The standard InChI is InChI=1S/C26H27ClN6O3/c27-21-5-6-23-22(15-21)20(7-8-28-23)17-29-30-24-16-25(34)32(26(35)33(24)18-19-3-4-19)10-2-1-9-31-11-13-36-14-12-31/h5-8,15-17,19,30H,3-4,9-14,18H2/b29-17+. The maximum absolute atomic E-state index is 13.2. The van der Waals surface area contributed by atoms with Gasteiger partial charge in [-0.1, -0.05) is 23.4 Å². The number of nitrogens with zero attached hydrogens (tertiary/aromatic N) is 5. The van der Waals surface area contributed by atoms with Gasteiger partial charge < -0.3 is 4.74 Å². The van der Waals surface area contributed by atoms with Gasteiger partial charge in [0.15, 0.2) is 0 Å². The fourth-order valence-electron chi connectivity index (χ4n) is 4.07. The molecule has 0 unspecified atom stereocenters. The fourth-order valence-corrected chi connectivity index (χ4v) is 4.24. The topological polar surface area (TPSA) is 93.8 Å². The van der Waals surface area contributed by atoms with Gasteiger partial charge in [0, 0.05) is 47.9 Å². The number of hydrogen-bond donors (Lipinski definition) is 1. The molecule has 10 heteroatoms. The number of ether oxygens (including phenoxy) is 1. The van der Waals surface area contributed by atoms with Crippen molar-refractivity contribution >= 4 is 34.5 Å². The Hall–Kier alpha value is -3.45. The van der Waals surface area contributed by atoms with Crippen molar-refractivity contribution in [2.45, 2.75) is 25.9 Å². The molecule has 0 radical (unpaired) electrons. The van der Waals surface area contributed by atoms with Crippen molar-refractivity contribution in [3.05, 3.63) is 68.0 Å². The van der Waals surface area contributed by atoms with E-state index in [0.717, 1.165) is 42.4 Å². The summed E-state index contributed by atoms with van der Waals surface area (Å²) in [7, 11) is 0. The van der Waals surface area contributed by atoms with E-state index in [1.807, 2.05) is 18.2 Å². The van der Waals surface area contributed by atoms with Crippen molar-refractivity contribution < 1.29 is 4.74 Å². The van der Waals surface area contributed by atoms with Crippen LogP contribution in [-0.4, -0.2) is 58.1 Å². The van der Waals surface area contributed by atoms with E-state index in [2.05, 4.69) is 32.3 Å². The van der Waals surface area contributed by atoms with E-state index < -0.39 is 5.56 Å². The molecule has 1 aromatic carbocycles. The highest BCUT2D eigenvalue weighted by Gasteiger charge is 2.24. The van der Waals surface area contributed by atoms with E-state index >= 15 is 0 Å². The molecule has 1 aliphatic heterocycles. The SMILES string of the molecule is O=c1cc(N/N=C/c2ccnc3ccc(Cl)cc23)n(CC2CC2)c(=O)n1CC#CCN1CCOCC1. The number of benzene rings is 1. The lowest BCUT2D eigenvalue weighted by Crippen LogP contribution is -2.40. The average Bonchev–Trinajstić information content (AvgIpc) is 3.71. The van der Waals surface area contributed by atoms with Crippen molar-refractivity contribution in [1.29, 1.82) is 0 Å². The number of hydrazone groups is 1. The van der Waals surface area contributed by atoms with E-state index in [1.54, 1.807) is 23.0 Å². The number of fused-ring (bicyclic) bond motifs is 1. The van der Waals surface area contributed by atoms with Crippen LogP contribution in [0, 0.1) is 17.8 Å². The first-order chi connectivity index (χ1) is 17.6. The van der Waals surface area contributed by atoms with Crippen LogP contribution < -0.4 is 16.7 Å². The molecular weight excluding hydrogens is 480 g/mol. The third kappa shape index (κ3) is 5.85. The predicted octanol–water partition coefficient (Wildman–Crippen LogP) is 2.40. The summed E-state index contributed by atoms with van der Waals surface area (Å²) in [5.41, 5.74) is 3.73. The zero-order chi connectivity index (χ0) is 24.9. The van der Waals surface area contributed by atoms with Crippen LogP contribution in [0.4, 0.5) is 5.82 Å². The molecule has 1 aliphatic carbocycles. The van der Waals surface area contributed by atoms with Crippen LogP contribution in [0.25, 0.3) is 10.9 Å². The van der Waals surface area contributed by atoms with E-state index in [0.29, 0.717) is 43.1 Å². The molecular formula is C26H27ClN6O3. The van der Waals surface area contributed by atoms with Crippen molar-refractivity contribution in [1.82, 2.24) is 19.0 Å². The van der Waals surface area contributed by atoms with Crippen LogP contribution in [0.3, 0.4) is 0 Å². The number of aromatic nitrogens is 3. The molecule has 2 aromatic heterocycles. The van der Waals surface area contributed by atoms with Crippen molar-refractivity contribution in [2.75, 3.05) is 38.3 Å². The fraction of sp³-hybridized carbons (Fsp3) is 0.385. The first-order valence-corrected chi connectivity index (χ1v) is 12.4. The molecule has 1 saturated heterocycles. The lowest BCUT2D eigenvalue weighted by molar-refractivity contribution is 0.0443. The van der Waals surface area contributed by atoms with Gasteiger partial charge in [-0.2, -0.15) is 5.10 Å². The Bertz CT molecular complexity index is 1460. The molecule has 1 saturated carbocycles. The molecule has 0 bridgehead atoms. The highest BCUT2D eigenvalue weighted by molar-refractivity contribution is 6.31. The van der Waals surface area contributed by atoms with Crippen molar-refractivity contribution in [3.8, 4) is 11.8 Å². The Morgan fingerprint density at radius 2 is 1.92 bits per heavy atom. The van der Waals surface area contributed by atoms with Crippen LogP contribution in [0.15, 0.2) is 51.2 Å². The molecule has 9 nitrogen and oxygen atoms in total. The lowest BCUT2D eigenvalue weighted by atomic mass is 10.1. The molecule has 0 atom stereocenters. The Morgan fingerprint density at radius 1 is 1.11 bits per heavy atom. The zero-order valence-corrected chi connectivity index (χ0v) is 20.6. The van der Waals surface area contributed by atoms with Crippen LogP contribution >= 0.6 is 11.6 Å². The van der Waals surface area contributed by atoms with Gasteiger partial charge in [0.1, 0.15) is 5.82 Å². The minimum Gasteiger partial charge on any atom is -0.379 e. The molecule has 186 valence electrons. The predicted molar refractivity (Wildman–Crippen MR) is 141 cm³/mol. The minimum atomic E-state index is -0.411. The number of nitrogens with one attached hydrogen (secondary N) is 1. The first-order valence-electron chi connectivity index (χ1n) is 12.0. The minimum absolute atomic E-state index is 0.0555. The molecule has 3 aromatic rings. The van der Waals surface area contributed by atoms with Crippen LogP contribution in [0.5, 0.6) is 0 Å². The Labute approximate surface area is 213 Å². The molecule has 2 aliphatic rings. The number of hydrogen-bond acceptors (Lipinski definition) is 7. The third-order valence-electron chi connectivity index (χ3n) is 6.31. The molecule has 0 amide bonds. The normalized spacial score (nSPS) is 16.2. The quantitative estimate of drug-likeness (QED) is 0.300. The van der Waals surface area contributed by atoms with Gasteiger partial charge in [-0.15, -0.1) is 0 Å². The number of rotatable bonds is 7. The summed E-state index contributed by atoms with van der Waals surface area (Å²) in [6, 6.07) is 8.70. The van der Waals surface area contributed by atoms with Crippen LogP contribution in [-0.2, 0) is 17.8 Å². The summed E-state index contributed by atoms with van der Waals surface area (Å²) < 4.78 is 8.11. The number of pyridine rings is 1. The highest BCUT2D eigenvalue weighted by Crippen LogP contribution is 2.30. The average molecular weight is 507 g/mol. The van der Waals surface area contributed by atoms with Crippen LogP contribution in [0.1, 0.15) is 18.4 Å². The van der Waals surface area contributed by atoms with Gasteiger partial charge in [-0.05, 0) is 43.0 Å². The maximum Gasteiger partial charge on any atom is 0.333 e. The van der Waals surface area contributed by atoms with Gasteiger partial charge in [0.05, 0.1) is 38.0 Å². The summed E-state index contributed by atoms with van der Waals surface area (Å²) in [5.74, 6) is 6.85. The summed E-state index contributed by atoms with van der Waals surface area (Å²) in [6.45, 7) is 4.27. The largest absolute Gasteiger partial charge is 0.379 e. The molecule has 3 heterocycles. The van der Waals surface area contributed by atoms with Gasteiger partial charge in [0.25, 0.3) is 5.56 Å². The monoisotopic (exact) mass is 506 g/mol. The summed E-state index contributed by atoms with van der Waals surface area (Å²) in [5, 5.41) is 5.78. The van der Waals surface area contributed by atoms with Gasteiger partial charge in [-0.3, -0.25) is 24.7 Å². The smallest absolute Gasteiger partial charge is 0.333 e. The van der Waals surface area contributed by atoms with Gasteiger partial charge in [-0.25, -0.2) is 9.36 Å². The summed E-state index contributed by atoms with van der Waals surface area (Å²) >= 11 is 6.15. The van der Waals surface area contributed by atoms with E-state index in [1.165, 1.54) is 10.6 Å². The molecule has 5 rings (SSSR count). The highest BCUT2D eigenvalue weighted by atomic mass is 35.5.